The topological polar surface area (TPSA) is 41.1 Å². The third kappa shape index (κ3) is 4.62. The molecule has 2 aromatic heterocycles. The van der Waals surface area contributed by atoms with Crippen LogP contribution in [0.5, 0.6) is 0 Å². The zero-order chi connectivity index (χ0) is 14.5. The third-order valence-electron chi connectivity index (χ3n) is 3.60. The fraction of sp³-hybridized carbons (Fsp3) is 0.412. The van der Waals surface area contributed by atoms with E-state index in [0.29, 0.717) is 0 Å². The molecule has 1 aliphatic carbocycles. The molecule has 0 radical (unpaired) electrons. The van der Waals surface area contributed by atoms with Crippen LogP contribution in [0.25, 0.3) is 0 Å². The van der Waals surface area contributed by atoms with Crippen LogP contribution in [0.3, 0.4) is 0 Å². The largest absolute Gasteiger partial charge is 0.308 e. The molecule has 0 atom stereocenters. The van der Waals surface area contributed by atoms with Crippen molar-refractivity contribution in [3.63, 3.8) is 0 Å². The maximum Gasteiger partial charge on any atom is 0.0547 e. The Bertz CT molecular complexity index is 566. The predicted octanol–water partition coefficient (Wildman–Crippen LogP) is 2.36. The first-order valence-electron chi connectivity index (χ1n) is 7.56. The summed E-state index contributed by atoms with van der Waals surface area (Å²) in [5, 5.41) is 3.51. The average molecular weight is 282 g/mol. The second-order valence-corrected chi connectivity index (χ2v) is 5.77. The molecule has 4 heteroatoms. The molecule has 21 heavy (non-hydrogen) atoms. The highest BCUT2D eigenvalue weighted by atomic mass is 15.1. The molecular weight excluding hydrogens is 260 g/mol. The lowest BCUT2D eigenvalue weighted by Crippen LogP contribution is -2.20. The van der Waals surface area contributed by atoms with E-state index in [2.05, 4.69) is 46.5 Å². The molecule has 0 aliphatic heterocycles. The van der Waals surface area contributed by atoms with Crippen molar-refractivity contribution < 1.29 is 0 Å². The molecule has 2 heterocycles. The van der Waals surface area contributed by atoms with Gasteiger partial charge in [0.05, 0.1) is 17.1 Å². The minimum atomic E-state index is 0.724. The Morgan fingerprint density at radius 3 is 2.57 bits per heavy atom. The molecule has 1 fully saturated rings. The van der Waals surface area contributed by atoms with E-state index in [0.717, 1.165) is 42.8 Å². The lowest BCUT2D eigenvalue weighted by molar-refractivity contribution is 0.311. The van der Waals surface area contributed by atoms with Gasteiger partial charge in [-0.3, -0.25) is 14.9 Å². The van der Waals surface area contributed by atoms with Crippen LogP contribution in [-0.2, 0) is 19.6 Å². The summed E-state index contributed by atoms with van der Waals surface area (Å²) in [6.45, 7) is 2.56. The maximum atomic E-state index is 4.73. The highest BCUT2D eigenvalue weighted by Crippen LogP contribution is 2.19. The van der Waals surface area contributed by atoms with Crippen LogP contribution < -0.4 is 5.32 Å². The van der Waals surface area contributed by atoms with E-state index in [-0.39, 0.29) is 0 Å². The van der Waals surface area contributed by atoms with E-state index in [1.165, 1.54) is 12.8 Å². The predicted molar refractivity (Wildman–Crippen MR) is 83.5 cm³/mol. The van der Waals surface area contributed by atoms with Gasteiger partial charge in [0.15, 0.2) is 0 Å². The van der Waals surface area contributed by atoms with Crippen LogP contribution in [0.1, 0.15) is 29.9 Å². The van der Waals surface area contributed by atoms with Crippen molar-refractivity contribution in [3.8, 4) is 0 Å². The molecule has 2 aromatic rings. The monoisotopic (exact) mass is 282 g/mol. The number of nitrogens with zero attached hydrogens (tertiary/aromatic N) is 3. The zero-order valence-corrected chi connectivity index (χ0v) is 12.5. The van der Waals surface area contributed by atoms with Gasteiger partial charge in [0, 0.05) is 31.9 Å². The van der Waals surface area contributed by atoms with Crippen molar-refractivity contribution >= 4 is 0 Å². The van der Waals surface area contributed by atoms with E-state index < -0.39 is 0 Å². The van der Waals surface area contributed by atoms with E-state index in [4.69, 9.17) is 4.98 Å². The molecule has 0 amide bonds. The summed E-state index contributed by atoms with van der Waals surface area (Å²) in [7, 11) is 2.10. The lowest BCUT2D eigenvalue weighted by Gasteiger charge is -2.16. The normalized spacial score (nSPS) is 14.6. The molecule has 110 valence electrons. The van der Waals surface area contributed by atoms with Crippen LogP contribution >= 0.6 is 0 Å². The summed E-state index contributed by atoms with van der Waals surface area (Å²) >= 11 is 0. The van der Waals surface area contributed by atoms with Crippen LogP contribution in [0.15, 0.2) is 42.6 Å². The van der Waals surface area contributed by atoms with Gasteiger partial charge in [0.1, 0.15) is 0 Å². The molecule has 0 spiro atoms. The van der Waals surface area contributed by atoms with Gasteiger partial charge >= 0.3 is 0 Å². The molecule has 1 N–H and O–H groups in total. The second kappa shape index (κ2) is 6.78. The first-order chi connectivity index (χ1) is 10.3. The quantitative estimate of drug-likeness (QED) is 0.846. The molecule has 0 saturated heterocycles. The molecule has 4 nitrogen and oxygen atoms in total. The van der Waals surface area contributed by atoms with Crippen molar-refractivity contribution in [2.45, 2.75) is 38.5 Å². The zero-order valence-electron chi connectivity index (χ0n) is 12.5. The van der Waals surface area contributed by atoms with Gasteiger partial charge < -0.3 is 5.32 Å². The molecule has 1 saturated carbocycles. The van der Waals surface area contributed by atoms with Gasteiger partial charge in [0.25, 0.3) is 0 Å². The van der Waals surface area contributed by atoms with Gasteiger partial charge in [0.2, 0.25) is 0 Å². The molecule has 3 rings (SSSR count). The SMILES string of the molecule is CN(Cc1ccccn1)Cc1cccc(CNC2CC2)n1. The van der Waals surface area contributed by atoms with Crippen molar-refractivity contribution in [2.24, 2.45) is 0 Å². The van der Waals surface area contributed by atoms with Gasteiger partial charge in [-0.05, 0) is 44.2 Å². The Balaban J connectivity index is 1.54. The summed E-state index contributed by atoms with van der Waals surface area (Å²) in [5.41, 5.74) is 3.33. The van der Waals surface area contributed by atoms with Crippen LogP contribution in [-0.4, -0.2) is 28.0 Å². The van der Waals surface area contributed by atoms with Gasteiger partial charge in [-0.2, -0.15) is 0 Å². The summed E-state index contributed by atoms with van der Waals surface area (Å²) in [6.07, 6.45) is 4.46. The van der Waals surface area contributed by atoms with Gasteiger partial charge in [-0.15, -0.1) is 0 Å². The number of pyridine rings is 2. The summed E-state index contributed by atoms with van der Waals surface area (Å²) < 4.78 is 0. The second-order valence-electron chi connectivity index (χ2n) is 5.77. The van der Waals surface area contributed by atoms with Crippen molar-refractivity contribution in [1.82, 2.24) is 20.2 Å². The molecule has 0 unspecified atom stereocenters. The molecular formula is C17H22N4. The molecule has 0 bridgehead atoms. The van der Waals surface area contributed by atoms with Crippen molar-refractivity contribution in [3.05, 3.63) is 59.7 Å². The fourth-order valence-corrected chi connectivity index (χ4v) is 2.35. The Hall–Kier alpha value is -1.78. The van der Waals surface area contributed by atoms with E-state index >= 15 is 0 Å². The Morgan fingerprint density at radius 2 is 1.81 bits per heavy atom. The van der Waals surface area contributed by atoms with Gasteiger partial charge in [-0.1, -0.05) is 12.1 Å². The number of aromatic nitrogens is 2. The minimum absolute atomic E-state index is 0.724. The smallest absolute Gasteiger partial charge is 0.0547 e. The maximum absolute atomic E-state index is 4.73. The fourth-order valence-electron chi connectivity index (χ4n) is 2.35. The van der Waals surface area contributed by atoms with Crippen molar-refractivity contribution in [1.29, 1.82) is 0 Å². The van der Waals surface area contributed by atoms with Crippen molar-refractivity contribution in [2.75, 3.05) is 7.05 Å². The molecule has 0 aromatic carbocycles. The highest BCUT2D eigenvalue weighted by molar-refractivity contribution is 5.12. The number of rotatable bonds is 7. The summed E-state index contributed by atoms with van der Waals surface area (Å²) in [6, 6.07) is 13.0. The summed E-state index contributed by atoms with van der Waals surface area (Å²) in [4.78, 5) is 11.3. The summed E-state index contributed by atoms with van der Waals surface area (Å²) in [5.74, 6) is 0. The molecule has 1 aliphatic rings. The number of hydrogen-bond donors (Lipinski definition) is 1. The van der Waals surface area contributed by atoms with Crippen LogP contribution in [0.2, 0.25) is 0 Å². The lowest BCUT2D eigenvalue weighted by atomic mass is 10.2. The first-order valence-corrected chi connectivity index (χ1v) is 7.56. The Kier molecular flexibility index (Phi) is 4.58. The van der Waals surface area contributed by atoms with E-state index in [1.807, 2.05) is 18.3 Å². The van der Waals surface area contributed by atoms with Gasteiger partial charge in [-0.25, -0.2) is 0 Å². The first kappa shape index (κ1) is 14.2. The Morgan fingerprint density at radius 1 is 1.05 bits per heavy atom. The van der Waals surface area contributed by atoms with Crippen LogP contribution in [0, 0.1) is 0 Å². The van der Waals surface area contributed by atoms with E-state index in [1.54, 1.807) is 0 Å². The van der Waals surface area contributed by atoms with Crippen LogP contribution in [0.4, 0.5) is 0 Å². The highest BCUT2D eigenvalue weighted by Gasteiger charge is 2.20. The number of hydrogen-bond acceptors (Lipinski definition) is 4. The minimum Gasteiger partial charge on any atom is -0.308 e. The average Bonchev–Trinajstić information content (AvgIpc) is 3.31. The Labute approximate surface area is 126 Å². The number of nitrogens with one attached hydrogen (secondary N) is 1. The third-order valence-corrected chi connectivity index (χ3v) is 3.60. The van der Waals surface area contributed by atoms with E-state index in [9.17, 15) is 0 Å². The standard InChI is InChI=1S/C17H22N4/c1-21(12-16-5-2-3-10-18-16)13-17-7-4-6-15(20-17)11-19-14-8-9-14/h2-7,10,14,19H,8-9,11-13H2,1H3.